The van der Waals surface area contributed by atoms with Crippen LogP contribution in [0.1, 0.15) is 26.5 Å². The van der Waals surface area contributed by atoms with Crippen LogP contribution in [0.4, 0.5) is 5.69 Å². The van der Waals surface area contributed by atoms with Crippen molar-refractivity contribution in [3.63, 3.8) is 0 Å². The number of carbonyl (C=O) groups excluding carboxylic acids is 2. The Labute approximate surface area is 176 Å². The van der Waals surface area contributed by atoms with E-state index in [9.17, 15) is 28.1 Å². The molecule has 0 unspecified atom stereocenters. The number of hydrogen-bond donors (Lipinski definition) is 1. The van der Waals surface area contributed by atoms with Crippen LogP contribution in [0.2, 0.25) is 0 Å². The van der Waals surface area contributed by atoms with Gasteiger partial charge in [-0.2, -0.15) is 0 Å². The summed E-state index contributed by atoms with van der Waals surface area (Å²) < 4.78 is 36.9. The molecule has 0 atom stereocenters. The van der Waals surface area contributed by atoms with Gasteiger partial charge in [0.05, 0.1) is 28.2 Å². The lowest BCUT2D eigenvalue weighted by Crippen LogP contribution is -2.23. The fourth-order valence-electron chi connectivity index (χ4n) is 2.52. The second-order valence-electron chi connectivity index (χ2n) is 6.24. The third-order valence-corrected chi connectivity index (χ3v) is 5.55. The van der Waals surface area contributed by atoms with Crippen LogP contribution in [-0.2, 0) is 21.3 Å². The number of non-ortho nitro benzene ring substituents is 1. The van der Waals surface area contributed by atoms with Crippen LogP contribution in [0.3, 0.4) is 0 Å². The van der Waals surface area contributed by atoms with Crippen LogP contribution in [0.5, 0.6) is 0 Å². The number of rotatable bonds is 9. The number of sulfonamides is 1. The van der Waals surface area contributed by atoms with E-state index in [-0.39, 0.29) is 28.3 Å². The Kier molecular flexibility index (Phi) is 6.58. The molecule has 0 fully saturated rings. The molecule has 0 aliphatic carbocycles. The lowest BCUT2D eigenvalue weighted by atomic mass is 10.1. The maximum atomic E-state index is 12.3. The summed E-state index contributed by atoms with van der Waals surface area (Å²) in [6.07, 6.45) is 1.42. The van der Waals surface area contributed by atoms with Crippen LogP contribution >= 0.6 is 0 Å². The number of ether oxygens (including phenoxy) is 1. The van der Waals surface area contributed by atoms with E-state index in [0.717, 1.165) is 6.07 Å². The lowest BCUT2D eigenvalue weighted by Gasteiger charge is -2.07. The zero-order chi connectivity index (χ0) is 22.4. The molecule has 2 aromatic carbocycles. The fraction of sp³-hybridized carbons (Fsp3) is 0.100. The highest BCUT2D eigenvalue weighted by molar-refractivity contribution is 7.89. The number of carbonyl (C=O) groups is 2. The first kappa shape index (κ1) is 21.9. The average Bonchev–Trinajstić information content (AvgIpc) is 3.30. The van der Waals surface area contributed by atoms with Gasteiger partial charge >= 0.3 is 5.97 Å². The molecular formula is C20H16N2O8S. The summed E-state index contributed by atoms with van der Waals surface area (Å²) in [5, 5.41) is 10.8. The Morgan fingerprint density at radius 3 is 2.42 bits per heavy atom. The number of nitrogens with zero attached hydrogens (tertiary/aromatic N) is 1. The van der Waals surface area contributed by atoms with E-state index >= 15 is 0 Å². The monoisotopic (exact) mass is 444 g/mol. The smallest absolute Gasteiger partial charge is 0.338 e. The number of ketones is 1. The third kappa shape index (κ3) is 5.62. The summed E-state index contributed by atoms with van der Waals surface area (Å²) in [7, 11) is -3.82. The first-order chi connectivity index (χ1) is 14.8. The van der Waals surface area contributed by atoms with Gasteiger partial charge in [-0.3, -0.25) is 14.9 Å². The second kappa shape index (κ2) is 9.32. The van der Waals surface area contributed by atoms with Crippen molar-refractivity contribution >= 4 is 27.5 Å². The van der Waals surface area contributed by atoms with E-state index < -0.39 is 33.3 Å². The molecule has 11 heteroatoms. The van der Waals surface area contributed by atoms with Crippen LogP contribution in [0.15, 0.2) is 76.2 Å². The van der Waals surface area contributed by atoms with Crippen LogP contribution < -0.4 is 4.72 Å². The molecule has 3 rings (SSSR count). The molecule has 0 radical (unpaired) electrons. The SMILES string of the molecule is O=C(COC(=O)c1ccc(S(=O)(=O)NCc2ccco2)cc1)c1cccc([N+](=O)[O-])c1. The highest BCUT2D eigenvalue weighted by atomic mass is 32.2. The number of benzene rings is 2. The molecule has 10 nitrogen and oxygen atoms in total. The Hall–Kier alpha value is -3.83. The number of hydrogen-bond acceptors (Lipinski definition) is 8. The highest BCUT2D eigenvalue weighted by Crippen LogP contribution is 2.15. The molecule has 0 aliphatic rings. The first-order valence-electron chi connectivity index (χ1n) is 8.83. The predicted molar refractivity (Wildman–Crippen MR) is 107 cm³/mol. The zero-order valence-corrected chi connectivity index (χ0v) is 16.7. The minimum absolute atomic E-state index is 0.0289. The van der Waals surface area contributed by atoms with Gasteiger partial charge in [-0.05, 0) is 36.4 Å². The van der Waals surface area contributed by atoms with E-state index in [4.69, 9.17) is 9.15 Å². The lowest BCUT2D eigenvalue weighted by molar-refractivity contribution is -0.384. The summed E-state index contributed by atoms with van der Waals surface area (Å²) >= 11 is 0. The molecule has 0 saturated heterocycles. The summed E-state index contributed by atoms with van der Waals surface area (Å²) in [4.78, 5) is 34.3. The molecule has 0 spiro atoms. The minimum Gasteiger partial charge on any atom is -0.468 e. The second-order valence-corrected chi connectivity index (χ2v) is 8.00. The van der Waals surface area contributed by atoms with Gasteiger partial charge in [0.25, 0.3) is 5.69 Å². The molecule has 3 aromatic rings. The molecule has 0 amide bonds. The minimum atomic E-state index is -3.82. The standard InChI is InChI=1S/C20H16N2O8S/c23-19(15-3-1-4-16(11-15)22(25)26)13-30-20(24)14-6-8-18(9-7-14)31(27,28)21-12-17-5-2-10-29-17/h1-11,21H,12-13H2. The Morgan fingerprint density at radius 2 is 1.77 bits per heavy atom. The number of nitro groups is 1. The van der Waals surface area contributed by atoms with Crippen molar-refractivity contribution in [3.8, 4) is 0 Å². The van der Waals surface area contributed by atoms with Gasteiger partial charge in [0, 0.05) is 17.7 Å². The molecule has 1 aromatic heterocycles. The molecule has 160 valence electrons. The summed E-state index contributed by atoms with van der Waals surface area (Å²) in [5.41, 5.74) is -0.183. The Bertz CT molecular complexity index is 1200. The maximum Gasteiger partial charge on any atom is 0.338 e. The highest BCUT2D eigenvalue weighted by Gasteiger charge is 2.17. The van der Waals surface area contributed by atoms with E-state index in [1.165, 1.54) is 48.7 Å². The van der Waals surface area contributed by atoms with E-state index in [1.54, 1.807) is 12.1 Å². The molecule has 0 saturated carbocycles. The summed E-state index contributed by atoms with van der Waals surface area (Å²) in [6.45, 7) is -0.649. The average molecular weight is 444 g/mol. The van der Waals surface area contributed by atoms with Crippen molar-refractivity contribution in [2.45, 2.75) is 11.4 Å². The number of Topliss-reactive ketones (excluding diaryl/α,β-unsaturated/α-hetero) is 1. The van der Waals surface area contributed by atoms with E-state index in [0.29, 0.717) is 5.76 Å². The Balaban J connectivity index is 1.59. The van der Waals surface area contributed by atoms with Crippen LogP contribution in [-0.4, -0.2) is 31.7 Å². The molecule has 1 N–H and O–H groups in total. The number of esters is 1. The molecular weight excluding hydrogens is 428 g/mol. The number of furan rings is 1. The van der Waals surface area contributed by atoms with Crippen molar-refractivity contribution in [1.29, 1.82) is 0 Å². The van der Waals surface area contributed by atoms with Crippen molar-refractivity contribution in [2.24, 2.45) is 0 Å². The molecule has 31 heavy (non-hydrogen) atoms. The van der Waals surface area contributed by atoms with Crippen molar-refractivity contribution in [3.05, 3.63) is 93.9 Å². The maximum absolute atomic E-state index is 12.3. The van der Waals surface area contributed by atoms with Crippen molar-refractivity contribution in [2.75, 3.05) is 6.61 Å². The topological polar surface area (TPSA) is 146 Å². The normalized spacial score (nSPS) is 11.1. The zero-order valence-electron chi connectivity index (χ0n) is 15.9. The first-order valence-corrected chi connectivity index (χ1v) is 10.3. The van der Waals surface area contributed by atoms with Gasteiger partial charge in [-0.25, -0.2) is 17.9 Å². The number of nitro benzene ring substituents is 1. The number of nitrogens with one attached hydrogen (secondary N) is 1. The quantitative estimate of drug-likeness (QED) is 0.229. The van der Waals surface area contributed by atoms with Gasteiger partial charge in [0.1, 0.15) is 5.76 Å². The Morgan fingerprint density at radius 1 is 1.03 bits per heavy atom. The van der Waals surface area contributed by atoms with Gasteiger partial charge in [0.15, 0.2) is 6.61 Å². The fourth-order valence-corrected chi connectivity index (χ4v) is 3.52. The van der Waals surface area contributed by atoms with Gasteiger partial charge in [-0.15, -0.1) is 0 Å². The largest absolute Gasteiger partial charge is 0.468 e. The van der Waals surface area contributed by atoms with E-state index in [1.807, 2.05) is 0 Å². The third-order valence-electron chi connectivity index (χ3n) is 4.13. The van der Waals surface area contributed by atoms with Gasteiger partial charge in [-0.1, -0.05) is 12.1 Å². The van der Waals surface area contributed by atoms with Crippen molar-refractivity contribution in [1.82, 2.24) is 4.72 Å². The molecule has 1 heterocycles. The van der Waals surface area contributed by atoms with Crippen molar-refractivity contribution < 1.29 is 32.1 Å². The predicted octanol–water partition coefficient (Wildman–Crippen LogP) is 2.71. The van der Waals surface area contributed by atoms with Crippen LogP contribution in [0, 0.1) is 10.1 Å². The van der Waals surface area contributed by atoms with Crippen LogP contribution in [0.25, 0.3) is 0 Å². The summed E-state index contributed by atoms with van der Waals surface area (Å²) in [6, 6.07) is 13.3. The van der Waals surface area contributed by atoms with E-state index in [2.05, 4.69) is 4.72 Å². The molecule has 0 aliphatic heterocycles. The summed E-state index contributed by atoms with van der Waals surface area (Å²) in [5.74, 6) is -1.01. The molecule has 0 bridgehead atoms. The van der Waals surface area contributed by atoms with Gasteiger partial charge in [0.2, 0.25) is 15.8 Å². The van der Waals surface area contributed by atoms with Gasteiger partial charge < -0.3 is 9.15 Å².